The molecule has 0 bridgehead atoms. The van der Waals surface area contributed by atoms with Gasteiger partial charge in [0.05, 0.1) is 0 Å². The highest BCUT2D eigenvalue weighted by atomic mass is 35.5. The zero-order valence-corrected chi connectivity index (χ0v) is 10.1. The number of hydrogen-bond donors (Lipinski definition) is 4. The monoisotopic (exact) mass is 272 g/mol. The SMILES string of the molecule is Nc1cc(Cl)cc(C(=O)NCCC(O)C(=O)O)c1. The highest BCUT2D eigenvalue weighted by molar-refractivity contribution is 6.31. The lowest BCUT2D eigenvalue weighted by Crippen LogP contribution is -2.30. The van der Waals surface area contributed by atoms with Crippen molar-refractivity contribution in [1.82, 2.24) is 5.32 Å². The van der Waals surface area contributed by atoms with E-state index in [1.807, 2.05) is 0 Å². The fraction of sp³-hybridized carbons (Fsp3) is 0.273. The summed E-state index contributed by atoms with van der Waals surface area (Å²) in [7, 11) is 0. The molecule has 7 heteroatoms. The number of nitrogens with two attached hydrogens (primary N) is 1. The second-order valence-corrected chi connectivity index (χ2v) is 4.11. The molecule has 0 saturated carbocycles. The molecule has 1 aromatic carbocycles. The minimum atomic E-state index is -1.49. The van der Waals surface area contributed by atoms with E-state index in [9.17, 15) is 9.59 Å². The molecule has 0 spiro atoms. The van der Waals surface area contributed by atoms with E-state index < -0.39 is 18.0 Å². The highest BCUT2D eigenvalue weighted by Crippen LogP contribution is 2.16. The first kappa shape index (κ1) is 14.3. The first-order valence-electron chi connectivity index (χ1n) is 5.15. The van der Waals surface area contributed by atoms with Gasteiger partial charge in [-0.2, -0.15) is 0 Å². The maximum atomic E-state index is 11.6. The first-order valence-corrected chi connectivity index (χ1v) is 5.53. The molecule has 1 unspecified atom stereocenters. The number of nitrogen functional groups attached to an aromatic ring is 1. The second-order valence-electron chi connectivity index (χ2n) is 3.67. The predicted octanol–water partition coefficient (Wildman–Crippen LogP) is 0.488. The third-order valence-electron chi connectivity index (χ3n) is 2.17. The smallest absolute Gasteiger partial charge is 0.332 e. The van der Waals surface area contributed by atoms with Gasteiger partial charge < -0.3 is 21.3 Å². The zero-order valence-electron chi connectivity index (χ0n) is 9.39. The van der Waals surface area contributed by atoms with Crippen molar-refractivity contribution < 1.29 is 19.8 Å². The van der Waals surface area contributed by atoms with E-state index in [0.29, 0.717) is 10.7 Å². The molecule has 0 aliphatic rings. The number of aliphatic carboxylic acids is 1. The molecule has 0 aromatic heterocycles. The van der Waals surface area contributed by atoms with Crippen molar-refractivity contribution >= 4 is 29.2 Å². The predicted molar refractivity (Wildman–Crippen MR) is 66.5 cm³/mol. The van der Waals surface area contributed by atoms with E-state index in [4.69, 9.17) is 27.5 Å². The molecule has 1 aromatic rings. The van der Waals surface area contributed by atoms with E-state index in [-0.39, 0.29) is 18.5 Å². The summed E-state index contributed by atoms with van der Waals surface area (Å²) in [6, 6.07) is 4.40. The van der Waals surface area contributed by atoms with Gasteiger partial charge in [0.15, 0.2) is 6.10 Å². The summed E-state index contributed by atoms with van der Waals surface area (Å²) in [5, 5.41) is 20.2. The fourth-order valence-corrected chi connectivity index (χ4v) is 1.53. The van der Waals surface area contributed by atoms with Gasteiger partial charge in [-0.25, -0.2) is 4.79 Å². The van der Waals surface area contributed by atoms with Crippen LogP contribution in [0.2, 0.25) is 5.02 Å². The lowest BCUT2D eigenvalue weighted by molar-refractivity contribution is -0.146. The molecule has 0 saturated heterocycles. The minimum absolute atomic E-state index is 0.0404. The molecule has 0 aliphatic carbocycles. The summed E-state index contributed by atoms with van der Waals surface area (Å²) in [4.78, 5) is 22.0. The molecule has 18 heavy (non-hydrogen) atoms. The van der Waals surface area contributed by atoms with Gasteiger partial charge in [0, 0.05) is 29.2 Å². The Hall–Kier alpha value is -1.79. The number of carboxylic acid groups (broad SMARTS) is 1. The highest BCUT2D eigenvalue weighted by Gasteiger charge is 2.13. The van der Waals surface area contributed by atoms with Gasteiger partial charge in [-0.3, -0.25) is 4.79 Å². The summed E-state index contributed by atoms with van der Waals surface area (Å²) in [6.07, 6.45) is -1.56. The van der Waals surface area contributed by atoms with Crippen molar-refractivity contribution in [2.75, 3.05) is 12.3 Å². The van der Waals surface area contributed by atoms with E-state index in [2.05, 4.69) is 5.32 Å². The van der Waals surface area contributed by atoms with Crippen molar-refractivity contribution in [3.8, 4) is 0 Å². The van der Waals surface area contributed by atoms with Gasteiger partial charge in [-0.1, -0.05) is 11.6 Å². The van der Waals surface area contributed by atoms with Crippen LogP contribution in [0.3, 0.4) is 0 Å². The van der Waals surface area contributed by atoms with Crippen LogP contribution < -0.4 is 11.1 Å². The fourth-order valence-electron chi connectivity index (χ4n) is 1.29. The molecule has 0 radical (unpaired) electrons. The van der Waals surface area contributed by atoms with Gasteiger partial charge in [0.25, 0.3) is 5.91 Å². The number of amides is 1. The summed E-state index contributed by atoms with van der Waals surface area (Å²) in [5.74, 6) is -1.75. The van der Waals surface area contributed by atoms with Crippen LogP contribution in [-0.2, 0) is 4.79 Å². The molecular formula is C11H13ClN2O4. The normalized spacial score (nSPS) is 11.9. The van der Waals surface area contributed by atoms with E-state index in [1.165, 1.54) is 18.2 Å². The second kappa shape index (κ2) is 6.23. The van der Waals surface area contributed by atoms with Gasteiger partial charge >= 0.3 is 5.97 Å². The van der Waals surface area contributed by atoms with Gasteiger partial charge in [-0.15, -0.1) is 0 Å². The summed E-state index contributed by atoms with van der Waals surface area (Å²) in [6.45, 7) is 0.0404. The number of aliphatic hydroxyl groups is 1. The molecule has 6 nitrogen and oxygen atoms in total. The van der Waals surface area contributed by atoms with Gasteiger partial charge in [-0.05, 0) is 18.2 Å². The molecular weight excluding hydrogens is 260 g/mol. The van der Waals surface area contributed by atoms with Crippen LogP contribution in [0.25, 0.3) is 0 Å². The number of nitrogens with one attached hydrogen (secondary N) is 1. The number of carbonyl (C=O) groups is 2. The van der Waals surface area contributed by atoms with E-state index >= 15 is 0 Å². The summed E-state index contributed by atoms with van der Waals surface area (Å²) < 4.78 is 0. The average Bonchev–Trinajstić information content (AvgIpc) is 2.27. The number of carbonyl (C=O) groups excluding carboxylic acids is 1. The topological polar surface area (TPSA) is 113 Å². The number of halogens is 1. The maximum absolute atomic E-state index is 11.6. The Kier molecular flexibility index (Phi) is 4.94. The average molecular weight is 273 g/mol. The molecule has 0 fully saturated rings. The van der Waals surface area contributed by atoms with E-state index in [1.54, 1.807) is 0 Å². The molecule has 5 N–H and O–H groups in total. The van der Waals surface area contributed by atoms with Crippen LogP contribution in [0, 0.1) is 0 Å². The molecule has 0 heterocycles. The van der Waals surface area contributed by atoms with Crippen molar-refractivity contribution in [2.45, 2.75) is 12.5 Å². The van der Waals surface area contributed by atoms with Crippen LogP contribution in [-0.4, -0.2) is 34.7 Å². The van der Waals surface area contributed by atoms with Crippen molar-refractivity contribution in [3.05, 3.63) is 28.8 Å². The van der Waals surface area contributed by atoms with Crippen LogP contribution in [0.1, 0.15) is 16.8 Å². The Labute approximate surface area is 108 Å². The summed E-state index contributed by atoms with van der Waals surface area (Å²) in [5.41, 5.74) is 6.17. The Balaban J connectivity index is 2.53. The van der Waals surface area contributed by atoms with Crippen molar-refractivity contribution in [3.63, 3.8) is 0 Å². The quantitative estimate of drug-likeness (QED) is 0.583. The van der Waals surface area contributed by atoms with Crippen LogP contribution >= 0.6 is 11.6 Å². The van der Waals surface area contributed by atoms with Crippen LogP contribution in [0.5, 0.6) is 0 Å². The minimum Gasteiger partial charge on any atom is -0.479 e. The Morgan fingerprint density at radius 3 is 2.61 bits per heavy atom. The Bertz CT molecular complexity index is 444. The number of hydrogen-bond acceptors (Lipinski definition) is 4. The number of benzene rings is 1. The van der Waals surface area contributed by atoms with Crippen molar-refractivity contribution in [2.24, 2.45) is 0 Å². The Morgan fingerprint density at radius 1 is 1.39 bits per heavy atom. The van der Waals surface area contributed by atoms with Crippen LogP contribution in [0.4, 0.5) is 5.69 Å². The van der Waals surface area contributed by atoms with Gasteiger partial charge in [0.2, 0.25) is 0 Å². The summed E-state index contributed by atoms with van der Waals surface area (Å²) >= 11 is 5.74. The van der Waals surface area contributed by atoms with Crippen molar-refractivity contribution in [1.29, 1.82) is 0 Å². The zero-order chi connectivity index (χ0) is 13.7. The number of rotatable bonds is 5. The lowest BCUT2D eigenvalue weighted by atomic mass is 10.2. The first-order chi connectivity index (χ1) is 8.40. The number of carboxylic acids is 1. The van der Waals surface area contributed by atoms with Crippen LogP contribution in [0.15, 0.2) is 18.2 Å². The molecule has 0 aliphatic heterocycles. The largest absolute Gasteiger partial charge is 0.479 e. The maximum Gasteiger partial charge on any atom is 0.332 e. The molecule has 1 atom stereocenters. The van der Waals surface area contributed by atoms with E-state index in [0.717, 1.165) is 0 Å². The molecule has 1 rings (SSSR count). The third-order valence-corrected chi connectivity index (χ3v) is 2.39. The lowest BCUT2D eigenvalue weighted by Gasteiger charge is -2.08. The number of aliphatic hydroxyl groups excluding tert-OH is 1. The molecule has 1 amide bonds. The Morgan fingerprint density at radius 2 is 2.06 bits per heavy atom. The molecule has 98 valence electrons. The third kappa shape index (κ3) is 4.23. The van der Waals surface area contributed by atoms with Gasteiger partial charge in [0.1, 0.15) is 0 Å². The number of anilines is 1. The standard InChI is InChI=1S/C11H13ClN2O4/c12-7-3-6(4-8(13)5-7)10(16)14-2-1-9(15)11(17)18/h3-5,9,15H,1-2,13H2,(H,14,16)(H,17,18).